The molecule has 0 saturated carbocycles. The second kappa shape index (κ2) is 11.8. The third-order valence-corrected chi connectivity index (χ3v) is 6.91. The van der Waals surface area contributed by atoms with Crippen molar-refractivity contribution in [2.75, 3.05) is 6.61 Å². The summed E-state index contributed by atoms with van der Waals surface area (Å²) in [6.07, 6.45) is 1.45. The van der Waals surface area contributed by atoms with Crippen LogP contribution in [0.5, 0.6) is 11.5 Å². The molecule has 0 fully saturated rings. The molecule has 4 aromatic rings. The van der Waals surface area contributed by atoms with Crippen LogP contribution in [0.25, 0.3) is 10.1 Å². The number of benzene rings is 3. The first-order valence-corrected chi connectivity index (χ1v) is 12.8. The lowest BCUT2D eigenvalue weighted by atomic mass is 10.1. The molecule has 0 aliphatic rings. The molecule has 0 atom stereocenters. The molecule has 0 spiro atoms. The van der Waals surface area contributed by atoms with Gasteiger partial charge in [0.25, 0.3) is 11.6 Å². The van der Waals surface area contributed by atoms with Gasteiger partial charge in [-0.05, 0) is 70.4 Å². The molecule has 0 aliphatic heterocycles. The number of amides is 1. The number of fused-ring (bicyclic) bond motifs is 1. The number of nitrogens with zero attached hydrogens (tertiary/aromatic N) is 2. The lowest BCUT2D eigenvalue weighted by Gasteiger charge is -2.15. The average molecular weight is 598 g/mol. The van der Waals surface area contributed by atoms with Gasteiger partial charge < -0.3 is 14.6 Å². The van der Waals surface area contributed by atoms with E-state index in [1.807, 2.05) is 6.92 Å². The van der Waals surface area contributed by atoms with Crippen LogP contribution >= 0.6 is 27.3 Å². The minimum Gasteiger partial charge on any atom is -0.490 e. The van der Waals surface area contributed by atoms with Crippen LogP contribution in [0.1, 0.15) is 38.1 Å². The Hall–Kier alpha value is -4.29. The molecular formula is C26H20BrN3O7S. The average Bonchev–Trinajstić information content (AvgIpc) is 3.32. The molecular weight excluding hydrogens is 578 g/mol. The molecule has 10 nitrogen and oxygen atoms in total. The second-order valence-corrected chi connectivity index (χ2v) is 9.78. The number of ether oxygens (including phenoxy) is 2. The summed E-state index contributed by atoms with van der Waals surface area (Å²) in [5.41, 5.74) is 3.89. The lowest BCUT2D eigenvalue weighted by Crippen LogP contribution is -2.16. The number of carboxylic acids is 1. The van der Waals surface area contributed by atoms with Gasteiger partial charge in [0.1, 0.15) is 6.61 Å². The van der Waals surface area contributed by atoms with Gasteiger partial charge >= 0.3 is 5.97 Å². The number of rotatable bonds is 10. The number of carbonyl (C=O) groups is 2. The van der Waals surface area contributed by atoms with E-state index in [0.29, 0.717) is 44.0 Å². The van der Waals surface area contributed by atoms with Crippen molar-refractivity contribution in [3.63, 3.8) is 0 Å². The number of nitro benzene ring substituents is 1. The van der Waals surface area contributed by atoms with Gasteiger partial charge in [0, 0.05) is 22.2 Å². The van der Waals surface area contributed by atoms with Crippen LogP contribution in [-0.4, -0.2) is 34.7 Å². The number of carboxylic acid groups (broad SMARTS) is 1. The molecule has 0 saturated heterocycles. The van der Waals surface area contributed by atoms with Crippen LogP contribution in [-0.2, 0) is 6.61 Å². The zero-order valence-electron chi connectivity index (χ0n) is 19.8. The fourth-order valence-corrected chi connectivity index (χ4v) is 5.00. The summed E-state index contributed by atoms with van der Waals surface area (Å²) in [4.78, 5) is 34.6. The Labute approximate surface area is 228 Å². The Morgan fingerprint density at radius 2 is 1.97 bits per heavy atom. The van der Waals surface area contributed by atoms with Gasteiger partial charge in [-0.15, -0.1) is 11.3 Å². The summed E-state index contributed by atoms with van der Waals surface area (Å²) in [5.74, 6) is -0.587. The van der Waals surface area contributed by atoms with Crippen LogP contribution in [0.15, 0.2) is 70.2 Å². The quantitative estimate of drug-likeness (QED) is 0.129. The summed E-state index contributed by atoms with van der Waals surface area (Å²) in [6, 6.07) is 15.9. The number of hydrogen-bond donors (Lipinski definition) is 2. The summed E-state index contributed by atoms with van der Waals surface area (Å²) in [7, 11) is 0. The van der Waals surface area contributed by atoms with Gasteiger partial charge in [-0.1, -0.05) is 12.1 Å². The molecule has 1 heterocycles. The fourth-order valence-electron chi connectivity index (χ4n) is 3.49. The summed E-state index contributed by atoms with van der Waals surface area (Å²) in [5, 5.41) is 24.8. The predicted molar refractivity (Wildman–Crippen MR) is 147 cm³/mol. The van der Waals surface area contributed by atoms with Crippen molar-refractivity contribution in [2.24, 2.45) is 5.10 Å². The Morgan fingerprint density at radius 1 is 1.16 bits per heavy atom. The molecule has 0 aliphatic carbocycles. The van der Waals surface area contributed by atoms with Crippen LogP contribution < -0.4 is 14.9 Å². The van der Waals surface area contributed by atoms with E-state index in [-0.39, 0.29) is 17.9 Å². The van der Waals surface area contributed by atoms with E-state index in [0.717, 1.165) is 4.70 Å². The molecule has 3 aromatic carbocycles. The maximum absolute atomic E-state index is 12.6. The summed E-state index contributed by atoms with van der Waals surface area (Å²) >= 11 is 4.68. The van der Waals surface area contributed by atoms with E-state index in [2.05, 4.69) is 26.5 Å². The zero-order chi connectivity index (χ0) is 27.2. The van der Waals surface area contributed by atoms with Crippen molar-refractivity contribution in [1.29, 1.82) is 0 Å². The third-order valence-electron chi connectivity index (χ3n) is 5.20. The van der Waals surface area contributed by atoms with Crippen molar-refractivity contribution in [2.45, 2.75) is 13.5 Å². The monoisotopic (exact) mass is 597 g/mol. The SMILES string of the molecule is CCOc1cc(/C=N\NC(=O)c2cc3cc([N+](=O)[O-])ccc3s2)cc(Br)c1OCc1cccc(C(=O)O)c1. The Morgan fingerprint density at radius 3 is 2.71 bits per heavy atom. The Kier molecular flexibility index (Phi) is 8.34. The van der Waals surface area contributed by atoms with Gasteiger partial charge in [0.2, 0.25) is 0 Å². The number of carbonyl (C=O) groups excluding carboxylic acids is 1. The number of halogens is 1. The van der Waals surface area contributed by atoms with Gasteiger partial charge in [-0.3, -0.25) is 14.9 Å². The van der Waals surface area contributed by atoms with Crippen molar-refractivity contribution in [3.05, 3.63) is 96.8 Å². The highest BCUT2D eigenvalue weighted by Crippen LogP contribution is 2.37. The lowest BCUT2D eigenvalue weighted by molar-refractivity contribution is -0.384. The van der Waals surface area contributed by atoms with Crippen LogP contribution in [0.4, 0.5) is 5.69 Å². The number of nitrogens with one attached hydrogen (secondary N) is 1. The molecule has 0 radical (unpaired) electrons. The standard InChI is InChI=1S/C26H20BrN3O7S/c1-2-36-21-10-16(9-20(27)24(21)37-14-15-4-3-5-17(8-15)26(32)33)13-28-29-25(31)23-12-18-11-19(30(34)35)6-7-22(18)38-23/h3-13H,2,14H2,1H3,(H,29,31)(H,32,33)/b28-13-. The minimum absolute atomic E-state index is 0.0443. The van der Waals surface area contributed by atoms with Crippen molar-refractivity contribution in [1.82, 2.24) is 5.43 Å². The Balaban J connectivity index is 1.46. The van der Waals surface area contributed by atoms with Gasteiger partial charge in [-0.2, -0.15) is 5.10 Å². The highest BCUT2D eigenvalue weighted by Gasteiger charge is 2.15. The van der Waals surface area contributed by atoms with E-state index in [1.54, 1.807) is 36.4 Å². The molecule has 0 unspecified atom stereocenters. The molecule has 0 bridgehead atoms. The van der Waals surface area contributed by atoms with Gasteiger partial charge in [0.05, 0.1) is 32.7 Å². The number of non-ortho nitro benzene ring substituents is 1. The van der Waals surface area contributed by atoms with Crippen molar-refractivity contribution >= 4 is 61.1 Å². The molecule has 194 valence electrons. The first-order valence-electron chi connectivity index (χ1n) is 11.2. The topological polar surface area (TPSA) is 140 Å². The van der Waals surface area contributed by atoms with Gasteiger partial charge in [0.15, 0.2) is 11.5 Å². The molecule has 1 aromatic heterocycles. The smallest absolute Gasteiger partial charge is 0.335 e. The second-order valence-electron chi connectivity index (χ2n) is 7.85. The number of hydrazone groups is 1. The first-order chi connectivity index (χ1) is 18.2. The number of hydrogen-bond acceptors (Lipinski definition) is 8. The van der Waals surface area contributed by atoms with Gasteiger partial charge in [-0.25, -0.2) is 10.2 Å². The van der Waals surface area contributed by atoms with E-state index in [1.165, 1.54) is 41.8 Å². The number of nitro groups is 1. The first kappa shape index (κ1) is 26.8. The van der Waals surface area contributed by atoms with Crippen LogP contribution in [0, 0.1) is 10.1 Å². The van der Waals surface area contributed by atoms with E-state index in [4.69, 9.17) is 9.47 Å². The maximum atomic E-state index is 12.6. The number of thiophene rings is 1. The van der Waals surface area contributed by atoms with Crippen molar-refractivity contribution in [3.8, 4) is 11.5 Å². The van der Waals surface area contributed by atoms with Crippen LogP contribution in [0.2, 0.25) is 0 Å². The van der Waals surface area contributed by atoms with Crippen molar-refractivity contribution < 1.29 is 29.1 Å². The molecule has 1 amide bonds. The molecule has 2 N–H and O–H groups in total. The largest absolute Gasteiger partial charge is 0.490 e. The van der Waals surface area contributed by atoms with E-state index in [9.17, 15) is 24.8 Å². The van der Waals surface area contributed by atoms with Crippen LogP contribution in [0.3, 0.4) is 0 Å². The fraction of sp³-hybridized carbons (Fsp3) is 0.115. The summed E-state index contributed by atoms with van der Waals surface area (Å²) in [6.45, 7) is 2.33. The molecule has 4 rings (SSSR count). The highest BCUT2D eigenvalue weighted by molar-refractivity contribution is 9.10. The van der Waals surface area contributed by atoms with E-state index < -0.39 is 16.8 Å². The molecule has 38 heavy (non-hydrogen) atoms. The van der Waals surface area contributed by atoms with E-state index >= 15 is 0 Å². The highest BCUT2D eigenvalue weighted by atomic mass is 79.9. The zero-order valence-corrected chi connectivity index (χ0v) is 22.2. The maximum Gasteiger partial charge on any atom is 0.335 e. The summed E-state index contributed by atoms with van der Waals surface area (Å²) < 4.78 is 13.0. The number of aromatic carboxylic acids is 1. The predicted octanol–water partition coefficient (Wildman–Crippen LogP) is 6.01. The Bertz CT molecular complexity index is 1570. The third kappa shape index (κ3) is 6.33. The minimum atomic E-state index is -1.02. The molecule has 12 heteroatoms. The normalized spacial score (nSPS) is 11.0.